The second-order valence-corrected chi connectivity index (χ2v) is 2.95. The van der Waals surface area contributed by atoms with Gasteiger partial charge in [0, 0.05) is 0 Å². The van der Waals surface area contributed by atoms with E-state index in [1.807, 2.05) is 24.3 Å². The highest BCUT2D eigenvalue weighted by Crippen LogP contribution is 2.32. The van der Waals surface area contributed by atoms with Crippen LogP contribution in [-0.2, 0) is 4.79 Å². The molecule has 3 heteroatoms. The zero-order chi connectivity index (χ0) is 10.5. The molecule has 0 fully saturated rings. The average molecular weight is 201 g/mol. The van der Waals surface area contributed by atoms with Crippen molar-refractivity contribution in [2.45, 2.75) is 0 Å². The van der Waals surface area contributed by atoms with Crippen LogP contribution in [0.3, 0.4) is 0 Å². The maximum Gasteiger partial charge on any atom is 0.231 e. The summed E-state index contributed by atoms with van der Waals surface area (Å²) in [6.07, 6.45) is 8.24. The minimum Gasteiger partial charge on any atom is -0.454 e. The van der Waals surface area contributed by atoms with E-state index in [-0.39, 0.29) is 6.79 Å². The molecular formula is C12H9O3. The number of allylic oxidation sites excluding steroid dienone is 3. The number of rotatable bonds is 3. The third kappa shape index (κ3) is 2.26. The summed E-state index contributed by atoms with van der Waals surface area (Å²) in [5.41, 5.74) is 0.995. The van der Waals surface area contributed by atoms with E-state index in [0.717, 1.165) is 17.1 Å². The normalized spacial score (nSPS) is 13.9. The highest BCUT2D eigenvalue weighted by atomic mass is 16.7. The standard InChI is InChI=1S/C12H9O3/c13-7-3-1-2-4-10-5-6-11-12(8-10)15-9-14-11/h1-6,8H,9H2/b3-1+,4-2+. The fourth-order valence-electron chi connectivity index (χ4n) is 1.28. The Hall–Kier alpha value is -2.03. The van der Waals surface area contributed by atoms with Gasteiger partial charge in [0.2, 0.25) is 13.1 Å². The van der Waals surface area contributed by atoms with Crippen molar-refractivity contribution in [2.75, 3.05) is 6.79 Å². The van der Waals surface area contributed by atoms with Gasteiger partial charge in [0.15, 0.2) is 11.5 Å². The Bertz CT molecular complexity index is 419. The van der Waals surface area contributed by atoms with Gasteiger partial charge in [-0.2, -0.15) is 0 Å². The Labute approximate surface area is 87.6 Å². The molecule has 1 radical (unpaired) electrons. The zero-order valence-corrected chi connectivity index (χ0v) is 7.97. The van der Waals surface area contributed by atoms with Crippen LogP contribution in [0.15, 0.2) is 36.4 Å². The summed E-state index contributed by atoms with van der Waals surface area (Å²) in [7, 11) is 0. The third-order valence-electron chi connectivity index (χ3n) is 1.96. The minimum absolute atomic E-state index is 0.280. The van der Waals surface area contributed by atoms with Crippen molar-refractivity contribution in [3.8, 4) is 11.5 Å². The monoisotopic (exact) mass is 201 g/mol. The molecule has 1 heterocycles. The van der Waals surface area contributed by atoms with Crippen LogP contribution >= 0.6 is 0 Å². The molecule has 1 aliphatic rings. The Balaban J connectivity index is 2.13. The zero-order valence-electron chi connectivity index (χ0n) is 7.97. The molecule has 0 amide bonds. The van der Waals surface area contributed by atoms with Crippen molar-refractivity contribution in [3.05, 3.63) is 42.0 Å². The van der Waals surface area contributed by atoms with Gasteiger partial charge >= 0.3 is 0 Å². The van der Waals surface area contributed by atoms with Crippen LogP contribution in [0.1, 0.15) is 5.56 Å². The van der Waals surface area contributed by atoms with Crippen molar-refractivity contribution in [2.24, 2.45) is 0 Å². The van der Waals surface area contributed by atoms with Crippen LogP contribution in [0.5, 0.6) is 11.5 Å². The molecule has 0 aliphatic carbocycles. The summed E-state index contributed by atoms with van der Waals surface area (Å²) in [5.74, 6) is 1.52. The lowest BCUT2D eigenvalue weighted by atomic mass is 10.2. The molecule has 2 rings (SSSR count). The van der Waals surface area contributed by atoms with E-state index >= 15 is 0 Å². The molecule has 0 unspecified atom stereocenters. The van der Waals surface area contributed by atoms with Gasteiger partial charge in [0.1, 0.15) is 0 Å². The second kappa shape index (κ2) is 4.46. The molecule has 1 aromatic rings. The first-order chi connectivity index (χ1) is 7.40. The lowest BCUT2D eigenvalue weighted by Crippen LogP contribution is -1.92. The predicted octanol–water partition coefficient (Wildman–Crippen LogP) is 2.09. The van der Waals surface area contributed by atoms with Crippen LogP contribution in [0.25, 0.3) is 6.08 Å². The highest BCUT2D eigenvalue weighted by molar-refractivity contribution is 5.67. The molecular weight excluding hydrogens is 192 g/mol. The fraction of sp³-hybridized carbons (Fsp3) is 0.0833. The summed E-state index contributed by atoms with van der Waals surface area (Å²) in [5, 5.41) is 0. The van der Waals surface area contributed by atoms with E-state index in [0.29, 0.717) is 0 Å². The Kier molecular flexibility index (Phi) is 2.83. The van der Waals surface area contributed by atoms with E-state index in [4.69, 9.17) is 9.47 Å². The smallest absolute Gasteiger partial charge is 0.231 e. The van der Waals surface area contributed by atoms with E-state index in [1.165, 1.54) is 6.08 Å². The van der Waals surface area contributed by atoms with E-state index in [1.54, 1.807) is 18.4 Å². The third-order valence-corrected chi connectivity index (χ3v) is 1.96. The number of hydrogen-bond donors (Lipinski definition) is 0. The quantitative estimate of drug-likeness (QED) is 0.555. The van der Waals surface area contributed by atoms with Crippen LogP contribution in [-0.4, -0.2) is 13.1 Å². The van der Waals surface area contributed by atoms with Gasteiger partial charge in [-0.1, -0.05) is 24.3 Å². The summed E-state index contributed by atoms with van der Waals surface area (Å²) < 4.78 is 10.4. The van der Waals surface area contributed by atoms with Crippen LogP contribution in [0.4, 0.5) is 0 Å². The largest absolute Gasteiger partial charge is 0.454 e. The first kappa shape index (κ1) is 9.52. The Morgan fingerprint density at radius 3 is 2.93 bits per heavy atom. The fourth-order valence-corrected chi connectivity index (χ4v) is 1.28. The van der Waals surface area contributed by atoms with E-state index < -0.39 is 0 Å². The van der Waals surface area contributed by atoms with Crippen molar-refractivity contribution in [1.29, 1.82) is 0 Å². The Morgan fingerprint density at radius 2 is 2.07 bits per heavy atom. The number of benzene rings is 1. The summed E-state index contributed by atoms with van der Waals surface area (Å²) >= 11 is 0. The van der Waals surface area contributed by atoms with Crippen molar-refractivity contribution in [1.82, 2.24) is 0 Å². The van der Waals surface area contributed by atoms with Gasteiger partial charge < -0.3 is 9.47 Å². The van der Waals surface area contributed by atoms with Crippen LogP contribution in [0.2, 0.25) is 0 Å². The molecule has 0 aromatic heterocycles. The highest BCUT2D eigenvalue weighted by Gasteiger charge is 2.11. The maximum atomic E-state index is 9.89. The molecule has 1 aromatic carbocycles. The minimum atomic E-state index is 0.280. The van der Waals surface area contributed by atoms with E-state index in [9.17, 15) is 4.79 Å². The molecule has 1 aliphatic heterocycles. The molecule has 0 atom stereocenters. The van der Waals surface area contributed by atoms with Gasteiger partial charge in [-0.15, -0.1) is 0 Å². The molecule has 0 saturated heterocycles. The van der Waals surface area contributed by atoms with Gasteiger partial charge in [0.05, 0.1) is 0 Å². The average Bonchev–Trinajstić information content (AvgIpc) is 2.71. The van der Waals surface area contributed by atoms with Crippen LogP contribution in [0, 0.1) is 0 Å². The number of carbonyl (C=O) groups excluding carboxylic acids is 1. The lowest BCUT2D eigenvalue weighted by Gasteiger charge is -1.96. The number of fused-ring (bicyclic) bond motifs is 1. The topological polar surface area (TPSA) is 35.5 Å². The summed E-state index contributed by atoms with van der Waals surface area (Å²) in [6, 6.07) is 5.66. The summed E-state index contributed by atoms with van der Waals surface area (Å²) in [4.78, 5) is 9.89. The number of hydrogen-bond acceptors (Lipinski definition) is 3. The van der Waals surface area contributed by atoms with Crippen molar-refractivity contribution in [3.63, 3.8) is 0 Å². The maximum absolute atomic E-state index is 9.89. The Morgan fingerprint density at radius 1 is 1.20 bits per heavy atom. The molecule has 15 heavy (non-hydrogen) atoms. The van der Waals surface area contributed by atoms with Gasteiger partial charge in [-0.3, -0.25) is 4.79 Å². The second-order valence-electron chi connectivity index (χ2n) is 2.95. The molecule has 0 bridgehead atoms. The molecule has 0 saturated carbocycles. The molecule has 0 spiro atoms. The van der Waals surface area contributed by atoms with Crippen molar-refractivity contribution < 1.29 is 14.3 Å². The first-order valence-corrected chi connectivity index (χ1v) is 4.51. The molecule has 75 valence electrons. The lowest BCUT2D eigenvalue weighted by molar-refractivity contribution is 0.174. The van der Waals surface area contributed by atoms with E-state index in [2.05, 4.69) is 0 Å². The van der Waals surface area contributed by atoms with Crippen molar-refractivity contribution >= 4 is 12.4 Å². The summed E-state index contributed by atoms with van der Waals surface area (Å²) in [6.45, 7) is 0.280. The van der Waals surface area contributed by atoms with Gasteiger partial charge in [-0.25, -0.2) is 0 Å². The molecule has 0 N–H and O–H groups in total. The van der Waals surface area contributed by atoms with Gasteiger partial charge in [-0.05, 0) is 23.8 Å². The first-order valence-electron chi connectivity index (χ1n) is 4.51. The molecule has 3 nitrogen and oxygen atoms in total. The number of ether oxygens (including phenoxy) is 2. The SMILES string of the molecule is O=[C]/C=C/C=C/c1ccc2c(c1)OCO2. The van der Waals surface area contributed by atoms with Crippen LogP contribution < -0.4 is 9.47 Å². The predicted molar refractivity (Wildman–Crippen MR) is 56.4 cm³/mol. The van der Waals surface area contributed by atoms with Gasteiger partial charge in [0.25, 0.3) is 0 Å².